The van der Waals surface area contributed by atoms with Crippen LogP contribution in [-0.4, -0.2) is 53.3 Å². The summed E-state index contributed by atoms with van der Waals surface area (Å²) in [6.45, 7) is 0. The van der Waals surface area contributed by atoms with Gasteiger partial charge in [0.25, 0.3) is 0 Å². The topological polar surface area (TPSA) is 311 Å². The van der Waals surface area contributed by atoms with E-state index in [2.05, 4.69) is 10.5 Å². The summed E-state index contributed by atoms with van der Waals surface area (Å²) in [5.74, 6) is -8.88. The summed E-state index contributed by atoms with van der Waals surface area (Å²) < 4.78 is 3.88. The number of nitrogens with two attached hydrogens (primary N) is 1. The second kappa shape index (κ2) is 7.70. The van der Waals surface area contributed by atoms with Gasteiger partial charge in [0.05, 0.1) is 0 Å². The quantitative estimate of drug-likeness (QED) is 0.227. The second-order valence-corrected chi connectivity index (χ2v) is 4.47. The predicted molar refractivity (Wildman–Crippen MR) is 71.1 cm³/mol. The Labute approximate surface area is 143 Å². The number of carbonyl (C=O) groups excluding carboxylic acids is 1. The molecular formula is C6H7N7O14. The lowest BCUT2D eigenvalue weighted by Crippen LogP contribution is -2.63. The van der Waals surface area contributed by atoms with E-state index in [-0.39, 0.29) is 0 Å². The molecule has 21 nitrogen and oxygen atoms in total. The fourth-order valence-electron chi connectivity index (χ4n) is 1.82. The van der Waals surface area contributed by atoms with Crippen LogP contribution in [0, 0.1) is 60.7 Å². The molecule has 150 valence electrons. The first-order valence-corrected chi connectivity index (χ1v) is 6.02. The number of nitro groups is 6. The van der Waals surface area contributed by atoms with Gasteiger partial charge >= 0.3 is 23.8 Å². The van der Waals surface area contributed by atoms with E-state index in [9.17, 15) is 65.5 Å². The first-order valence-electron chi connectivity index (χ1n) is 6.02. The lowest BCUT2D eigenvalue weighted by molar-refractivity contribution is -0.980. The highest BCUT2D eigenvalue weighted by Gasteiger charge is 2.80. The van der Waals surface area contributed by atoms with E-state index in [1.807, 2.05) is 0 Å². The minimum Gasteiger partial charge on any atom is -0.421 e. The number of ether oxygens (including phenoxy) is 1. The summed E-state index contributed by atoms with van der Waals surface area (Å²) in [5.41, 5.74) is 4.48. The van der Waals surface area contributed by atoms with E-state index in [0.29, 0.717) is 0 Å². The first-order chi connectivity index (χ1) is 12.2. The number of hydrogen-bond acceptors (Lipinski definition) is 14. The van der Waals surface area contributed by atoms with Gasteiger partial charge in [0, 0.05) is 6.42 Å². The number of nitrogens with zero attached hydrogens (tertiary/aromatic N) is 6. The van der Waals surface area contributed by atoms with Crippen LogP contribution in [0.4, 0.5) is 4.79 Å². The molecule has 0 saturated heterocycles. The molecule has 0 aliphatic heterocycles. The summed E-state index contributed by atoms with van der Waals surface area (Å²) in [6, 6.07) is 0. The standard InChI is InChI=1S/C6H7N7O14/c7-4(14)27-3(6(11(21)22,12(23)24)13(25)26)1-2-5(8(15)16,9(17)18)10(19)20/h3H,1-2H2,(H2,7,14). The Bertz CT molecular complexity index is 645. The van der Waals surface area contributed by atoms with Crippen LogP contribution in [0.3, 0.4) is 0 Å². The molecule has 0 aliphatic carbocycles. The summed E-state index contributed by atoms with van der Waals surface area (Å²) in [4.78, 5) is 63.3. The second-order valence-electron chi connectivity index (χ2n) is 4.47. The molecular weight excluding hydrogens is 394 g/mol. The average molecular weight is 401 g/mol. The molecule has 0 aliphatic rings. The Morgan fingerprint density at radius 1 is 0.778 bits per heavy atom. The number of amides is 1. The fraction of sp³-hybridized carbons (Fsp3) is 0.833. The van der Waals surface area contributed by atoms with Gasteiger partial charge < -0.3 is 10.5 Å². The van der Waals surface area contributed by atoms with Gasteiger partial charge in [-0.15, -0.1) is 0 Å². The van der Waals surface area contributed by atoms with E-state index in [0.717, 1.165) is 0 Å². The third kappa shape index (κ3) is 3.69. The highest BCUT2D eigenvalue weighted by Crippen LogP contribution is 2.28. The van der Waals surface area contributed by atoms with Gasteiger partial charge in [-0.3, -0.25) is 60.7 Å². The lowest BCUT2D eigenvalue weighted by Gasteiger charge is -2.18. The van der Waals surface area contributed by atoms with E-state index in [1.165, 1.54) is 0 Å². The zero-order chi connectivity index (χ0) is 21.7. The maximum atomic E-state index is 10.9. The molecule has 0 heterocycles. The molecule has 0 aromatic carbocycles. The van der Waals surface area contributed by atoms with Crippen molar-refractivity contribution in [2.24, 2.45) is 5.73 Å². The maximum absolute atomic E-state index is 10.9. The van der Waals surface area contributed by atoms with Gasteiger partial charge in [0.1, 0.15) is 0 Å². The number of carbonyl (C=O) groups is 1. The molecule has 0 fully saturated rings. The molecule has 0 radical (unpaired) electrons. The van der Waals surface area contributed by atoms with Gasteiger partial charge in [-0.1, -0.05) is 0 Å². The van der Waals surface area contributed by atoms with Crippen molar-refractivity contribution in [1.82, 2.24) is 0 Å². The van der Waals surface area contributed by atoms with Gasteiger partial charge in [-0.05, 0) is 0 Å². The summed E-state index contributed by atoms with van der Waals surface area (Å²) in [7, 11) is 0. The Kier molecular flexibility index (Phi) is 6.47. The highest BCUT2D eigenvalue weighted by atomic mass is 16.8. The Morgan fingerprint density at radius 3 is 1.33 bits per heavy atom. The zero-order valence-electron chi connectivity index (χ0n) is 12.5. The number of rotatable bonds is 11. The number of primary amides is 1. The minimum atomic E-state index is -4.59. The van der Waals surface area contributed by atoms with Crippen LogP contribution in [0.25, 0.3) is 0 Å². The molecule has 0 aromatic heterocycles. The van der Waals surface area contributed by atoms with Crippen LogP contribution < -0.4 is 5.73 Å². The Balaban J connectivity index is 6.38. The molecule has 27 heavy (non-hydrogen) atoms. The molecule has 1 atom stereocenters. The monoisotopic (exact) mass is 401 g/mol. The molecule has 0 spiro atoms. The van der Waals surface area contributed by atoms with Crippen molar-refractivity contribution < 1.29 is 39.1 Å². The van der Waals surface area contributed by atoms with Crippen molar-refractivity contribution in [3.63, 3.8) is 0 Å². The molecule has 0 bridgehead atoms. The normalized spacial score (nSPS) is 12.4. The predicted octanol–water partition coefficient (Wildman–Crippen LogP) is -1.80. The third-order valence-corrected chi connectivity index (χ3v) is 3.12. The van der Waals surface area contributed by atoms with Crippen LogP contribution in [0.5, 0.6) is 0 Å². The molecule has 0 saturated carbocycles. The molecule has 2 N–H and O–H groups in total. The lowest BCUT2D eigenvalue weighted by atomic mass is 10.0. The van der Waals surface area contributed by atoms with Crippen LogP contribution in [-0.2, 0) is 4.74 Å². The third-order valence-electron chi connectivity index (χ3n) is 3.12. The summed E-state index contributed by atoms with van der Waals surface area (Å²) in [5, 5.41) is 65.2. The van der Waals surface area contributed by atoms with Crippen molar-refractivity contribution in [3.8, 4) is 0 Å². The molecule has 0 aromatic rings. The van der Waals surface area contributed by atoms with Crippen molar-refractivity contribution in [2.75, 3.05) is 0 Å². The van der Waals surface area contributed by atoms with Crippen LogP contribution in [0.1, 0.15) is 12.8 Å². The van der Waals surface area contributed by atoms with Gasteiger partial charge in [0.15, 0.2) is 36.0 Å². The van der Waals surface area contributed by atoms with E-state index >= 15 is 0 Å². The maximum Gasteiger partial charge on any atom is 0.737 e. The van der Waals surface area contributed by atoms with Gasteiger partial charge in [-0.25, -0.2) is 4.79 Å². The largest absolute Gasteiger partial charge is 0.737 e. The van der Waals surface area contributed by atoms with Crippen LogP contribution in [0.2, 0.25) is 0 Å². The van der Waals surface area contributed by atoms with Gasteiger partial charge in [-0.2, -0.15) is 0 Å². The Hall–Kier alpha value is -4.33. The van der Waals surface area contributed by atoms with Crippen molar-refractivity contribution in [2.45, 2.75) is 30.5 Å². The fourth-order valence-corrected chi connectivity index (χ4v) is 1.82. The molecule has 1 unspecified atom stereocenters. The van der Waals surface area contributed by atoms with Crippen molar-refractivity contribution in [3.05, 3.63) is 60.7 Å². The molecule has 21 heteroatoms. The van der Waals surface area contributed by atoms with Crippen LogP contribution in [0.15, 0.2) is 0 Å². The number of hydrogen-bond donors (Lipinski definition) is 1. The van der Waals surface area contributed by atoms with Crippen molar-refractivity contribution in [1.29, 1.82) is 0 Å². The summed E-state index contributed by atoms with van der Waals surface area (Å²) >= 11 is 0. The zero-order valence-corrected chi connectivity index (χ0v) is 12.5. The highest BCUT2D eigenvalue weighted by molar-refractivity contribution is 5.64. The SMILES string of the molecule is NC(=O)OC(CCC([N+](=O)[O-])([N+](=O)[O-])[N+](=O)[O-])C([N+](=O)[O-])([N+](=O)[O-])[N+](=O)[O-]. The van der Waals surface area contributed by atoms with E-state index in [4.69, 9.17) is 0 Å². The first kappa shape index (κ1) is 22.7. The van der Waals surface area contributed by atoms with E-state index < -0.39 is 66.2 Å². The van der Waals surface area contributed by atoms with E-state index in [1.54, 1.807) is 0 Å². The van der Waals surface area contributed by atoms with Gasteiger partial charge in [0.2, 0.25) is 0 Å². The average Bonchev–Trinajstić information content (AvgIpc) is 2.44. The summed E-state index contributed by atoms with van der Waals surface area (Å²) in [6.07, 6.45) is -8.98. The van der Waals surface area contributed by atoms with Crippen molar-refractivity contribution >= 4 is 6.09 Å². The smallest absolute Gasteiger partial charge is 0.421 e. The molecule has 0 rings (SSSR count). The minimum absolute atomic E-state index is 1.78. The Morgan fingerprint density at radius 2 is 1.11 bits per heavy atom. The molecule has 1 amide bonds. The van der Waals surface area contributed by atoms with Crippen LogP contribution >= 0.6 is 0 Å².